The molecule has 0 bridgehead atoms. The van der Waals surface area contributed by atoms with Crippen molar-refractivity contribution >= 4 is 18.3 Å². The molecule has 0 aliphatic heterocycles. The highest BCUT2D eigenvalue weighted by Gasteiger charge is 2.08. The van der Waals surface area contributed by atoms with Crippen LogP contribution in [-0.4, -0.2) is 35.1 Å². The number of carbonyl (C=O) groups is 3. The second-order valence-electron chi connectivity index (χ2n) is 3.59. The third kappa shape index (κ3) is 12.4. The fraction of sp³-hybridized carbons (Fsp3) is 0.700. The van der Waals surface area contributed by atoms with Gasteiger partial charge in [-0.05, 0) is 6.42 Å². The summed E-state index contributed by atoms with van der Waals surface area (Å²) >= 11 is 0. The number of carboxylic acids is 2. The Morgan fingerprint density at radius 1 is 1.19 bits per heavy atom. The van der Waals surface area contributed by atoms with E-state index in [1.54, 1.807) is 20.8 Å². The number of hydrogen-bond acceptors (Lipinski definition) is 3. The Hall–Kier alpha value is -1.59. The van der Waals surface area contributed by atoms with E-state index in [2.05, 4.69) is 5.32 Å². The molecule has 0 aromatic heterocycles. The first kappa shape index (κ1) is 16.8. The molecule has 0 radical (unpaired) electrons. The smallest absolute Gasteiger partial charge is 0.306 e. The Morgan fingerprint density at radius 3 is 1.88 bits per heavy atom. The molecule has 1 amide bonds. The predicted octanol–water partition coefficient (Wildman–Crippen LogP) is 0.570. The number of carbonyl (C=O) groups excluding carboxylic acids is 1. The van der Waals surface area contributed by atoms with Crippen molar-refractivity contribution in [1.82, 2.24) is 5.32 Å². The first-order valence-corrected chi connectivity index (χ1v) is 4.95. The van der Waals surface area contributed by atoms with Gasteiger partial charge < -0.3 is 15.5 Å². The SMILES string of the molecule is CC(C)C(=O)O.CC(CCNC=O)C(=O)O. The van der Waals surface area contributed by atoms with E-state index < -0.39 is 11.9 Å². The van der Waals surface area contributed by atoms with Crippen LogP contribution in [0.5, 0.6) is 0 Å². The van der Waals surface area contributed by atoms with Crippen LogP contribution in [0.2, 0.25) is 0 Å². The maximum atomic E-state index is 10.2. The van der Waals surface area contributed by atoms with Gasteiger partial charge in [-0.1, -0.05) is 20.8 Å². The molecule has 6 heteroatoms. The molecule has 0 rings (SSSR count). The van der Waals surface area contributed by atoms with E-state index in [1.807, 2.05) is 0 Å². The van der Waals surface area contributed by atoms with E-state index >= 15 is 0 Å². The molecule has 0 aliphatic rings. The van der Waals surface area contributed by atoms with Crippen LogP contribution >= 0.6 is 0 Å². The number of nitrogens with one attached hydrogen (secondary N) is 1. The number of hydrogen-bond donors (Lipinski definition) is 3. The van der Waals surface area contributed by atoms with E-state index in [0.717, 1.165) is 0 Å². The summed E-state index contributed by atoms with van der Waals surface area (Å²) in [5, 5.41) is 18.7. The second-order valence-corrected chi connectivity index (χ2v) is 3.59. The lowest BCUT2D eigenvalue weighted by molar-refractivity contribution is -0.141. The molecule has 0 fully saturated rings. The van der Waals surface area contributed by atoms with Gasteiger partial charge in [0.1, 0.15) is 0 Å². The largest absolute Gasteiger partial charge is 0.481 e. The van der Waals surface area contributed by atoms with Gasteiger partial charge in [0.2, 0.25) is 6.41 Å². The highest BCUT2D eigenvalue weighted by molar-refractivity contribution is 5.69. The normalized spacial score (nSPS) is 11.0. The Kier molecular flexibility index (Phi) is 10.5. The Bertz CT molecular complexity index is 227. The zero-order chi connectivity index (χ0) is 13.1. The average Bonchev–Trinajstić information content (AvgIpc) is 2.18. The molecular formula is C10H19NO5. The third-order valence-corrected chi connectivity index (χ3v) is 1.72. The van der Waals surface area contributed by atoms with Crippen LogP contribution in [0.4, 0.5) is 0 Å². The zero-order valence-electron chi connectivity index (χ0n) is 9.77. The second kappa shape index (κ2) is 9.95. The van der Waals surface area contributed by atoms with Gasteiger partial charge in [-0.15, -0.1) is 0 Å². The fourth-order valence-corrected chi connectivity index (χ4v) is 0.482. The van der Waals surface area contributed by atoms with E-state index in [9.17, 15) is 14.4 Å². The maximum absolute atomic E-state index is 10.2. The summed E-state index contributed by atoms with van der Waals surface area (Å²) < 4.78 is 0. The molecule has 6 nitrogen and oxygen atoms in total. The molecule has 0 aromatic rings. The standard InChI is InChI=1S/C6H11NO3.C4H8O2/c1-5(6(9)10)2-3-7-4-8;1-3(2)4(5)6/h4-5H,2-3H2,1H3,(H,7,8)(H,9,10);3H,1-2H3,(H,5,6). The summed E-state index contributed by atoms with van der Waals surface area (Å²) in [6.45, 7) is 5.32. The van der Waals surface area contributed by atoms with Crippen molar-refractivity contribution in [2.75, 3.05) is 6.54 Å². The number of amides is 1. The third-order valence-electron chi connectivity index (χ3n) is 1.72. The van der Waals surface area contributed by atoms with Crippen molar-refractivity contribution in [2.45, 2.75) is 27.2 Å². The molecule has 0 saturated heterocycles. The van der Waals surface area contributed by atoms with Crippen molar-refractivity contribution < 1.29 is 24.6 Å². The van der Waals surface area contributed by atoms with E-state index in [4.69, 9.17) is 10.2 Å². The number of aliphatic carboxylic acids is 2. The maximum Gasteiger partial charge on any atom is 0.306 e. The Labute approximate surface area is 94.7 Å². The molecule has 94 valence electrons. The highest BCUT2D eigenvalue weighted by atomic mass is 16.4. The molecule has 0 aromatic carbocycles. The van der Waals surface area contributed by atoms with E-state index in [-0.39, 0.29) is 11.8 Å². The summed E-state index contributed by atoms with van der Waals surface area (Å²) in [6.07, 6.45) is 1.04. The molecule has 16 heavy (non-hydrogen) atoms. The molecule has 0 heterocycles. The molecule has 1 atom stereocenters. The van der Waals surface area contributed by atoms with Gasteiger partial charge in [-0.2, -0.15) is 0 Å². The first-order valence-electron chi connectivity index (χ1n) is 4.95. The van der Waals surface area contributed by atoms with Crippen LogP contribution < -0.4 is 5.32 Å². The topological polar surface area (TPSA) is 104 Å². The summed E-state index contributed by atoms with van der Waals surface area (Å²) in [5.74, 6) is -2.18. The van der Waals surface area contributed by atoms with Crippen LogP contribution in [0.15, 0.2) is 0 Å². The van der Waals surface area contributed by atoms with Gasteiger partial charge >= 0.3 is 11.9 Å². The van der Waals surface area contributed by atoms with Gasteiger partial charge in [-0.3, -0.25) is 14.4 Å². The van der Waals surface area contributed by atoms with Crippen LogP contribution in [0.25, 0.3) is 0 Å². The molecule has 0 saturated carbocycles. The Morgan fingerprint density at radius 2 is 1.62 bits per heavy atom. The van der Waals surface area contributed by atoms with Crippen molar-refractivity contribution in [3.05, 3.63) is 0 Å². The quantitative estimate of drug-likeness (QED) is 0.459. The highest BCUT2D eigenvalue weighted by Crippen LogP contribution is 1.98. The van der Waals surface area contributed by atoms with Gasteiger partial charge in [0.05, 0.1) is 11.8 Å². The minimum absolute atomic E-state index is 0.231. The van der Waals surface area contributed by atoms with Crippen molar-refractivity contribution in [3.8, 4) is 0 Å². The van der Waals surface area contributed by atoms with Crippen LogP contribution in [-0.2, 0) is 14.4 Å². The molecular weight excluding hydrogens is 214 g/mol. The van der Waals surface area contributed by atoms with Crippen molar-refractivity contribution in [1.29, 1.82) is 0 Å². The number of rotatable bonds is 6. The summed E-state index contributed by atoms with van der Waals surface area (Å²) in [5.41, 5.74) is 0. The monoisotopic (exact) mass is 233 g/mol. The zero-order valence-corrected chi connectivity index (χ0v) is 9.77. The molecule has 3 N–H and O–H groups in total. The van der Waals surface area contributed by atoms with E-state index in [0.29, 0.717) is 19.4 Å². The lowest BCUT2D eigenvalue weighted by atomic mass is 10.1. The van der Waals surface area contributed by atoms with Gasteiger partial charge in [-0.25, -0.2) is 0 Å². The minimum Gasteiger partial charge on any atom is -0.481 e. The summed E-state index contributed by atoms with van der Waals surface area (Å²) in [4.78, 5) is 29.6. The average molecular weight is 233 g/mol. The van der Waals surface area contributed by atoms with Crippen LogP contribution in [0.1, 0.15) is 27.2 Å². The summed E-state index contributed by atoms with van der Waals surface area (Å²) in [7, 11) is 0. The lowest BCUT2D eigenvalue weighted by Crippen LogP contribution is -2.19. The van der Waals surface area contributed by atoms with Crippen molar-refractivity contribution in [2.24, 2.45) is 11.8 Å². The molecule has 0 spiro atoms. The van der Waals surface area contributed by atoms with Crippen LogP contribution in [0, 0.1) is 11.8 Å². The minimum atomic E-state index is -0.826. The van der Waals surface area contributed by atoms with Crippen LogP contribution in [0.3, 0.4) is 0 Å². The lowest BCUT2D eigenvalue weighted by Gasteiger charge is -2.03. The molecule has 0 aliphatic carbocycles. The van der Waals surface area contributed by atoms with Gasteiger partial charge in [0, 0.05) is 6.54 Å². The summed E-state index contributed by atoms with van der Waals surface area (Å²) in [6, 6.07) is 0. The van der Waals surface area contributed by atoms with Gasteiger partial charge in [0.25, 0.3) is 0 Å². The van der Waals surface area contributed by atoms with Gasteiger partial charge in [0.15, 0.2) is 0 Å². The number of carboxylic acid groups (broad SMARTS) is 2. The predicted molar refractivity (Wildman–Crippen MR) is 58.0 cm³/mol. The van der Waals surface area contributed by atoms with E-state index in [1.165, 1.54) is 0 Å². The Balaban J connectivity index is 0. The molecule has 1 unspecified atom stereocenters. The first-order chi connectivity index (χ1) is 7.32. The fourth-order valence-electron chi connectivity index (χ4n) is 0.482. The van der Waals surface area contributed by atoms with Crippen molar-refractivity contribution in [3.63, 3.8) is 0 Å².